The van der Waals surface area contributed by atoms with Crippen LogP contribution < -0.4 is 5.32 Å². The summed E-state index contributed by atoms with van der Waals surface area (Å²) < 4.78 is 1.73. The van der Waals surface area contributed by atoms with Gasteiger partial charge in [0.1, 0.15) is 0 Å². The molecule has 0 amide bonds. The van der Waals surface area contributed by atoms with Crippen molar-refractivity contribution < 1.29 is 0 Å². The van der Waals surface area contributed by atoms with E-state index >= 15 is 0 Å². The maximum atomic E-state index is 4.15. The summed E-state index contributed by atoms with van der Waals surface area (Å²) >= 11 is 0. The van der Waals surface area contributed by atoms with Gasteiger partial charge >= 0.3 is 0 Å². The number of hydrogen-bond donors (Lipinski definition) is 1. The molecule has 3 nitrogen and oxygen atoms in total. The third-order valence-corrected chi connectivity index (χ3v) is 2.95. The lowest BCUT2D eigenvalue weighted by Gasteiger charge is -2.16. The molecule has 0 aliphatic carbocycles. The fourth-order valence-electron chi connectivity index (χ4n) is 1.71. The minimum absolute atomic E-state index is 0.557. The number of nitrogens with one attached hydrogen (secondary N) is 1. The van der Waals surface area contributed by atoms with E-state index in [-0.39, 0.29) is 0 Å². The fourth-order valence-corrected chi connectivity index (χ4v) is 1.71. The van der Waals surface area contributed by atoms with Crippen LogP contribution in [0.1, 0.15) is 39.2 Å². The van der Waals surface area contributed by atoms with Gasteiger partial charge in [-0.3, -0.25) is 0 Å². The highest BCUT2D eigenvalue weighted by atomic mass is 15.2. The van der Waals surface area contributed by atoms with E-state index in [0.717, 1.165) is 12.5 Å². The second kappa shape index (κ2) is 6.48. The van der Waals surface area contributed by atoms with Crippen LogP contribution >= 0.6 is 0 Å². The first-order valence-electron chi connectivity index (χ1n) is 6.04. The Balaban J connectivity index is 2.30. The summed E-state index contributed by atoms with van der Waals surface area (Å²) in [5, 5.41) is 7.66. The van der Waals surface area contributed by atoms with E-state index in [0.29, 0.717) is 6.04 Å². The van der Waals surface area contributed by atoms with Crippen LogP contribution in [0, 0.1) is 5.92 Å². The lowest BCUT2D eigenvalue weighted by Crippen LogP contribution is -2.27. The van der Waals surface area contributed by atoms with Gasteiger partial charge in [-0.25, -0.2) is 4.68 Å². The molecule has 2 atom stereocenters. The predicted molar refractivity (Wildman–Crippen MR) is 69.0 cm³/mol. The molecule has 0 spiro atoms. The van der Waals surface area contributed by atoms with Crippen molar-refractivity contribution in [1.82, 2.24) is 15.1 Å². The van der Waals surface area contributed by atoms with Crippen molar-refractivity contribution in [2.75, 3.05) is 0 Å². The Bertz CT molecular complexity index is 317. The van der Waals surface area contributed by atoms with E-state index in [4.69, 9.17) is 0 Å². The molecule has 0 saturated carbocycles. The first kappa shape index (κ1) is 13.0. The Morgan fingerprint density at radius 1 is 1.56 bits per heavy atom. The highest BCUT2D eigenvalue weighted by Crippen LogP contribution is 2.09. The van der Waals surface area contributed by atoms with E-state index in [1.54, 1.807) is 10.9 Å². The topological polar surface area (TPSA) is 29.9 Å². The Labute approximate surface area is 98.5 Å². The summed E-state index contributed by atoms with van der Waals surface area (Å²) in [7, 11) is 0. The molecule has 3 heteroatoms. The summed E-state index contributed by atoms with van der Waals surface area (Å²) in [5.41, 5.74) is 1.20. The summed E-state index contributed by atoms with van der Waals surface area (Å²) in [4.78, 5) is 0. The molecule has 0 aliphatic rings. The molecule has 0 fully saturated rings. The Morgan fingerprint density at radius 2 is 2.31 bits per heavy atom. The number of aromatic nitrogens is 2. The summed E-state index contributed by atoms with van der Waals surface area (Å²) in [6.07, 6.45) is 8.05. The molecule has 0 aliphatic heterocycles. The lowest BCUT2D eigenvalue weighted by molar-refractivity contribution is 0.412. The van der Waals surface area contributed by atoms with Gasteiger partial charge in [-0.05, 0) is 19.3 Å². The summed E-state index contributed by atoms with van der Waals surface area (Å²) in [6, 6.07) is 0.557. The van der Waals surface area contributed by atoms with Gasteiger partial charge in [0.2, 0.25) is 0 Å². The highest BCUT2D eigenvalue weighted by Gasteiger charge is 2.06. The van der Waals surface area contributed by atoms with E-state index in [9.17, 15) is 0 Å². The monoisotopic (exact) mass is 221 g/mol. The average molecular weight is 221 g/mol. The maximum Gasteiger partial charge on any atom is 0.0538 e. The SMILES string of the molecule is C=Cn1cc(CNC(C)CC(C)CC)cn1. The van der Waals surface area contributed by atoms with Gasteiger partial charge < -0.3 is 5.32 Å². The van der Waals surface area contributed by atoms with Crippen LogP contribution in [-0.4, -0.2) is 15.8 Å². The number of rotatable bonds is 7. The van der Waals surface area contributed by atoms with Crippen molar-refractivity contribution in [2.24, 2.45) is 5.92 Å². The summed E-state index contributed by atoms with van der Waals surface area (Å²) in [6.45, 7) is 11.3. The van der Waals surface area contributed by atoms with Gasteiger partial charge in [0.05, 0.1) is 6.20 Å². The Morgan fingerprint density at radius 3 is 2.88 bits per heavy atom. The van der Waals surface area contributed by atoms with Crippen LogP contribution in [0.4, 0.5) is 0 Å². The van der Waals surface area contributed by atoms with Gasteiger partial charge in [0, 0.05) is 30.5 Å². The molecule has 1 aromatic heterocycles. The highest BCUT2D eigenvalue weighted by molar-refractivity contribution is 5.17. The van der Waals surface area contributed by atoms with Crippen molar-refractivity contribution in [2.45, 2.75) is 46.2 Å². The summed E-state index contributed by atoms with van der Waals surface area (Å²) in [5.74, 6) is 0.790. The van der Waals surface area contributed by atoms with E-state index in [2.05, 4.69) is 37.8 Å². The molecule has 0 radical (unpaired) electrons. The minimum atomic E-state index is 0.557. The van der Waals surface area contributed by atoms with Crippen molar-refractivity contribution >= 4 is 6.20 Å². The normalized spacial score (nSPS) is 14.7. The van der Waals surface area contributed by atoms with Crippen molar-refractivity contribution in [3.8, 4) is 0 Å². The van der Waals surface area contributed by atoms with Crippen molar-refractivity contribution in [3.05, 3.63) is 24.5 Å². The molecule has 1 N–H and O–H groups in total. The lowest BCUT2D eigenvalue weighted by atomic mass is 10.0. The standard InChI is InChI=1S/C13H23N3/c1-5-11(3)7-12(4)14-8-13-9-15-16(6-2)10-13/h6,9-12,14H,2,5,7-8H2,1,3-4H3. The van der Waals surface area contributed by atoms with Crippen LogP contribution in [0.15, 0.2) is 19.0 Å². The number of hydrogen-bond acceptors (Lipinski definition) is 2. The van der Waals surface area contributed by atoms with Crippen LogP contribution in [-0.2, 0) is 6.54 Å². The smallest absolute Gasteiger partial charge is 0.0538 e. The van der Waals surface area contributed by atoms with Crippen LogP contribution in [0.25, 0.3) is 6.20 Å². The molecular weight excluding hydrogens is 198 g/mol. The second-order valence-electron chi connectivity index (χ2n) is 4.54. The van der Waals surface area contributed by atoms with Crippen LogP contribution in [0.3, 0.4) is 0 Å². The first-order chi connectivity index (χ1) is 7.65. The van der Waals surface area contributed by atoms with Gasteiger partial charge in [-0.15, -0.1) is 0 Å². The van der Waals surface area contributed by atoms with Gasteiger partial charge in [-0.2, -0.15) is 5.10 Å². The molecule has 0 saturated heterocycles. The molecule has 1 heterocycles. The van der Waals surface area contributed by atoms with E-state index < -0.39 is 0 Å². The zero-order chi connectivity index (χ0) is 12.0. The molecule has 1 aromatic rings. The van der Waals surface area contributed by atoms with E-state index in [1.807, 2.05) is 12.4 Å². The molecule has 0 bridgehead atoms. The zero-order valence-corrected chi connectivity index (χ0v) is 10.6. The van der Waals surface area contributed by atoms with E-state index in [1.165, 1.54) is 18.4 Å². The third-order valence-electron chi connectivity index (χ3n) is 2.95. The third kappa shape index (κ3) is 4.19. The molecule has 90 valence electrons. The Kier molecular flexibility index (Phi) is 5.26. The zero-order valence-electron chi connectivity index (χ0n) is 10.6. The fraction of sp³-hybridized carbons (Fsp3) is 0.615. The van der Waals surface area contributed by atoms with Crippen molar-refractivity contribution in [1.29, 1.82) is 0 Å². The molecule has 1 rings (SSSR count). The largest absolute Gasteiger partial charge is 0.310 e. The maximum absolute atomic E-state index is 4.15. The molecule has 0 aromatic carbocycles. The van der Waals surface area contributed by atoms with Crippen LogP contribution in [0.5, 0.6) is 0 Å². The first-order valence-corrected chi connectivity index (χ1v) is 6.04. The van der Waals surface area contributed by atoms with Crippen LogP contribution in [0.2, 0.25) is 0 Å². The number of nitrogens with zero attached hydrogens (tertiary/aromatic N) is 2. The second-order valence-corrected chi connectivity index (χ2v) is 4.54. The molecule has 2 unspecified atom stereocenters. The quantitative estimate of drug-likeness (QED) is 0.767. The predicted octanol–water partition coefficient (Wildman–Crippen LogP) is 2.90. The van der Waals surface area contributed by atoms with Gasteiger partial charge in [0.25, 0.3) is 0 Å². The average Bonchev–Trinajstić information content (AvgIpc) is 2.74. The minimum Gasteiger partial charge on any atom is -0.310 e. The van der Waals surface area contributed by atoms with Gasteiger partial charge in [-0.1, -0.05) is 26.8 Å². The van der Waals surface area contributed by atoms with Gasteiger partial charge in [0.15, 0.2) is 0 Å². The molecular formula is C13H23N3. The Hall–Kier alpha value is -1.09. The van der Waals surface area contributed by atoms with Crippen molar-refractivity contribution in [3.63, 3.8) is 0 Å². The molecule has 16 heavy (non-hydrogen) atoms.